The van der Waals surface area contributed by atoms with Crippen molar-refractivity contribution < 1.29 is 9.90 Å². The minimum Gasteiger partial charge on any atom is -0.388 e. The highest BCUT2D eigenvalue weighted by atomic mass is 16.3. The number of piperazine rings is 1. The normalized spacial score (nSPS) is 18.1. The summed E-state index contributed by atoms with van der Waals surface area (Å²) < 4.78 is 0. The fourth-order valence-electron chi connectivity index (χ4n) is 2.58. The second kappa shape index (κ2) is 8.27. The van der Waals surface area contributed by atoms with E-state index < -0.39 is 6.10 Å². The van der Waals surface area contributed by atoms with Crippen LogP contribution in [-0.4, -0.2) is 60.6 Å². The molecule has 5 heteroatoms. The number of anilines is 1. The number of carbonyl (C=O) groups is 1. The maximum Gasteiger partial charge on any atom is 0.224 e. The van der Waals surface area contributed by atoms with Crippen molar-refractivity contribution in [1.82, 2.24) is 9.80 Å². The second-order valence-electron chi connectivity index (χ2n) is 5.97. The Bertz CT molecular complexity index is 467. The predicted molar refractivity (Wildman–Crippen MR) is 88.9 cm³/mol. The van der Waals surface area contributed by atoms with Crippen LogP contribution in [0.3, 0.4) is 0 Å². The van der Waals surface area contributed by atoms with Gasteiger partial charge < -0.3 is 20.2 Å². The number of likely N-dealkylation sites (N-methyl/N-ethyl adjacent to an activating group) is 1. The van der Waals surface area contributed by atoms with Crippen LogP contribution in [0.25, 0.3) is 0 Å². The molecular weight excluding hydrogens is 278 g/mol. The van der Waals surface area contributed by atoms with Crippen molar-refractivity contribution in [2.24, 2.45) is 0 Å². The molecule has 1 aromatic carbocycles. The number of nitrogens with zero attached hydrogens (tertiary/aromatic N) is 2. The molecule has 1 heterocycles. The monoisotopic (exact) mass is 305 g/mol. The number of aliphatic hydroxyl groups is 1. The van der Waals surface area contributed by atoms with Gasteiger partial charge in [-0.25, -0.2) is 0 Å². The van der Waals surface area contributed by atoms with Gasteiger partial charge in [0, 0.05) is 44.8 Å². The van der Waals surface area contributed by atoms with Crippen molar-refractivity contribution in [3.05, 3.63) is 29.8 Å². The highest BCUT2D eigenvalue weighted by molar-refractivity contribution is 5.90. The largest absolute Gasteiger partial charge is 0.388 e. The molecule has 22 heavy (non-hydrogen) atoms. The number of rotatable bonds is 6. The zero-order valence-corrected chi connectivity index (χ0v) is 13.6. The van der Waals surface area contributed by atoms with Crippen LogP contribution in [0.5, 0.6) is 0 Å². The van der Waals surface area contributed by atoms with Crippen molar-refractivity contribution in [2.45, 2.75) is 25.9 Å². The maximum absolute atomic E-state index is 11.3. The van der Waals surface area contributed by atoms with E-state index in [0.717, 1.165) is 50.4 Å². The molecule has 0 radical (unpaired) electrons. The summed E-state index contributed by atoms with van der Waals surface area (Å²) in [4.78, 5) is 16.1. The van der Waals surface area contributed by atoms with Crippen LogP contribution >= 0.6 is 0 Å². The number of benzene rings is 1. The van der Waals surface area contributed by atoms with Crippen LogP contribution in [0.15, 0.2) is 24.3 Å². The highest BCUT2D eigenvalue weighted by Gasteiger charge is 2.15. The third-order valence-electron chi connectivity index (χ3n) is 4.21. The average molecular weight is 305 g/mol. The van der Waals surface area contributed by atoms with E-state index in [1.54, 1.807) is 0 Å². The molecule has 1 aliphatic rings. The summed E-state index contributed by atoms with van der Waals surface area (Å²) >= 11 is 0. The molecule has 5 nitrogen and oxygen atoms in total. The summed E-state index contributed by atoms with van der Waals surface area (Å²) in [5.41, 5.74) is 1.69. The van der Waals surface area contributed by atoms with Crippen molar-refractivity contribution in [1.29, 1.82) is 0 Å². The van der Waals surface area contributed by atoms with Gasteiger partial charge in [-0.15, -0.1) is 0 Å². The topological polar surface area (TPSA) is 55.8 Å². The lowest BCUT2D eigenvalue weighted by molar-refractivity contribution is -0.115. The second-order valence-corrected chi connectivity index (χ2v) is 5.97. The molecule has 1 aliphatic heterocycles. The molecule has 0 aliphatic carbocycles. The van der Waals surface area contributed by atoms with Crippen molar-refractivity contribution in [3.63, 3.8) is 0 Å². The minimum atomic E-state index is -0.449. The van der Waals surface area contributed by atoms with Gasteiger partial charge in [0.25, 0.3) is 0 Å². The Labute approximate surface area is 132 Å². The molecule has 1 aromatic rings. The van der Waals surface area contributed by atoms with E-state index in [9.17, 15) is 9.90 Å². The number of amides is 1. The molecule has 1 amide bonds. The van der Waals surface area contributed by atoms with Gasteiger partial charge in [0.15, 0.2) is 0 Å². The van der Waals surface area contributed by atoms with Crippen molar-refractivity contribution >= 4 is 11.6 Å². The van der Waals surface area contributed by atoms with Crippen LogP contribution in [0.4, 0.5) is 5.69 Å². The lowest BCUT2D eigenvalue weighted by Gasteiger charge is -2.32. The Morgan fingerprint density at radius 1 is 1.23 bits per heavy atom. The molecule has 1 saturated heterocycles. The third kappa shape index (κ3) is 5.09. The Morgan fingerprint density at radius 2 is 1.86 bits per heavy atom. The van der Waals surface area contributed by atoms with Gasteiger partial charge in [0.2, 0.25) is 5.91 Å². The number of hydrogen-bond acceptors (Lipinski definition) is 4. The minimum absolute atomic E-state index is 0.00312. The van der Waals surface area contributed by atoms with Gasteiger partial charge in [-0.05, 0) is 31.2 Å². The Kier molecular flexibility index (Phi) is 6.36. The first-order valence-corrected chi connectivity index (χ1v) is 8.07. The zero-order valence-electron chi connectivity index (χ0n) is 13.6. The van der Waals surface area contributed by atoms with Crippen LogP contribution in [0.2, 0.25) is 0 Å². The summed E-state index contributed by atoms with van der Waals surface area (Å²) in [5.74, 6) is 0.00312. The summed E-state index contributed by atoms with van der Waals surface area (Å²) in [6, 6.07) is 7.48. The molecule has 1 atom stereocenters. The first-order chi connectivity index (χ1) is 10.6. The summed E-state index contributed by atoms with van der Waals surface area (Å²) in [5, 5.41) is 13.1. The molecule has 0 saturated carbocycles. The first-order valence-electron chi connectivity index (χ1n) is 8.07. The zero-order chi connectivity index (χ0) is 15.9. The van der Waals surface area contributed by atoms with Gasteiger partial charge in [-0.1, -0.05) is 19.1 Å². The van der Waals surface area contributed by atoms with E-state index in [1.807, 2.05) is 31.2 Å². The molecule has 1 fully saturated rings. The maximum atomic E-state index is 11.3. The fourth-order valence-corrected chi connectivity index (χ4v) is 2.58. The van der Waals surface area contributed by atoms with Gasteiger partial charge in [-0.2, -0.15) is 0 Å². The molecule has 2 rings (SSSR count). The predicted octanol–water partition coefficient (Wildman–Crippen LogP) is 1.71. The standard InChI is InChI=1S/C17H27N3O2/c1-3-17(22)18-15-6-4-14(5-7-15)16(21)8-9-20-12-10-19(2)11-13-20/h4-7,16,21H,3,8-13H2,1-2H3,(H,18,22). The Balaban J connectivity index is 1.79. The Morgan fingerprint density at radius 3 is 2.45 bits per heavy atom. The Hall–Kier alpha value is -1.43. The van der Waals surface area contributed by atoms with E-state index in [0.29, 0.717) is 6.42 Å². The first kappa shape index (κ1) is 16.9. The average Bonchev–Trinajstić information content (AvgIpc) is 2.54. The summed E-state index contributed by atoms with van der Waals surface area (Å²) in [6.07, 6.45) is 0.760. The van der Waals surface area contributed by atoms with E-state index in [-0.39, 0.29) is 5.91 Å². The molecule has 2 N–H and O–H groups in total. The number of carbonyl (C=O) groups excluding carboxylic acids is 1. The summed E-state index contributed by atoms with van der Waals surface area (Å²) in [6.45, 7) is 7.09. The number of aliphatic hydroxyl groups excluding tert-OH is 1. The third-order valence-corrected chi connectivity index (χ3v) is 4.21. The van der Waals surface area contributed by atoms with Crippen molar-refractivity contribution in [2.75, 3.05) is 45.1 Å². The fraction of sp³-hybridized carbons (Fsp3) is 0.588. The van der Waals surface area contributed by atoms with Crippen LogP contribution in [0, 0.1) is 0 Å². The molecule has 0 bridgehead atoms. The van der Waals surface area contributed by atoms with Crippen LogP contribution < -0.4 is 5.32 Å². The molecule has 122 valence electrons. The van der Waals surface area contributed by atoms with Crippen LogP contribution in [-0.2, 0) is 4.79 Å². The molecule has 0 spiro atoms. The lowest BCUT2D eigenvalue weighted by atomic mass is 10.1. The molecule has 1 unspecified atom stereocenters. The van der Waals surface area contributed by atoms with E-state index in [1.165, 1.54) is 0 Å². The van der Waals surface area contributed by atoms with E-state index >= 15 is 0 Å². The number of nitrogens with one attached hydrogen (secondary N) is 1. The SMILES string of the molecule is CCC(=O)Nc1ccc(C(O)CCN2CCN(C)CC2)cc1. The molecule has 0 aromatic heterocycles. The van der Waals surface area contributed by atoms with E-state index in [4.69, 9.17) is 0 Å². The van der Waals surface area contributed by atoms with Gasteiger partial charge in [0.1, 0.15) is 0 Å². The summed E-state index contributed by atoms with van der Waals surface area (Å²) in [7, 11) is 2.14. The lowest BCUT2D eigenvalue weighted by Crippen LogP contribution is -2.44. The van der Waals surface area contributed by atoms with Crippen LogP contribution in [0.1, 0.15) is 31.4 Å². The van der Waals surface area contributed by atoms with E-state index in [2.05, 4.69) is 22.2 Å². The van der Waals surface area contributed by atoms with Gasteiger partial charge in [-0.3, -0.25) is 4.79 Å². The molecular formula is C17H27N3O2. The van der Waals surface area contributed by atoms with Gasteiger partial charge >= 0.3 is 0 Å². The quantitative estimate of drug-likeness (QED) is 0.840. The van der Waals surface area contributed by atoms with Crippen molar-refractivity contribution in [3.8, 4) is 0 Å². The number of hydrogen-bond donors (Lipinski definition) is 2. The smallest absolute Gasteiger partial charge is 0.224 e. The highest BCUT2D eigenvalue weighted by Crippen LogP contribution is 2.20. The van der Waals surface area contributed by atoms with Gasteiger partial charge in [0.05, 0.1) is 6.10 Å².